The van der Waals surface area contributed by atoms with Crippen molar-refractivity contribution in [1.29, 1.82) is 0 Å². The van der Waals surface area contributed by atoms with E-state index in [-0.39, 0.29) is 6.10 Å². The molecule has 41 heavy (non-hydrogen) atoms. The van der Waals surface area contributed by atoms with Gasteiger partial charge in [-0.2, -0.15) is 0 Å². The van der Waals surface area contributed by atoms with Crippen molar-refractivity contribution in [3.05, 3.63) is 83.9 Å². The number of carbonyl (C=O) groups excluding carboxylic acids is 2. The molecule has 0 aliphatic rings. The van der Waals surface area contributed by atoms with Crippen molar-refractivity contribution in [1.82, 2.24) is 0 Å². The van der Waals surface area contributed by atoms with Crippen LogP contribution in [0.5, 0.6) is 23.0 Å². The minimum absolute atomic E-state index is 0.00520. The first kappa shape index (κ1) is 31.7. The largest absolute Gasteiger partial charge is 0.494 e. The Bertz CT molecular complexity index is 1170. The lowest BCUT2D eigenvalue weighted by Gasteiger charge is -2.14. The molecule has 0 spiro atoms. The molecule has 7 nitrogen and oxygen atoms in total. The lowest BCUT2D eigenvalue weighted by atomic mass is 10.1. The van der Waals surface area contributed by atoms with Crippen LogP contribution in [-0.4, -0.2) is 37.9 Å². The molecule has 1 unspecified atom stereocenters. The minimum atomic E-state index is -0.519. The van der Waals surface area contributed by atoms with Gasteiger partial charge in [0.15, 0.2) is 0 Å². The summed E-state index contributed by atoms with van der Waals surface area (Å²) in [6, 6.07) is 20.0. The highest BCUT2D eigenvalue weighted by molar-refractivity contribution is 5.92. The molecule has 0 bridgehead atoms. The van der Waals surface area contributed by atoms with Gasteiger partial charge in [-0.3, -0.25) is 0 Å². The molecule has 3 aromatic carbocycles. The van der Waals surface area contributed by atoms with Gasteiger partial charge < -0.3 is 23.7 Å². The number of carbonyl (C=O) groups is 2. The Hall–Kier alpha value is -3.84. The number of esters is 2. The van der Waals surface area contributed by atoms with Crippen LogP contribution >= 0.6 is 0 Å². The van der Waals surface area contributed by atoms with E-state index in [0.29, 0.717) is 48.2 Å². The Morgan fingerprint density at radius 1 is 0.561 bits per heavy atom. The summed E-state index contributed by atoms with van der Waals surface area (Å²) >= 11 is 0. The minimum Gasteiger partial charge on any atom is -0.494 e. The fraction of sp³-hybridized carbons (Fsp3) is 0.412. The molecular formula is C34H42O7. The van der Waals surface area contributed by atoms with Gasteiger partial charge in [0.05, 0.1) is 23.8 Å². The normalized spacial score (nSPS) is 11.5. The lowest BCUT2D eigenvalue weighted by Crippen LogP contribution is -2.18. The van der Waals surface area contributed by atoms with E-state index < -0.39 is 11.9 Å². The first-order chi connectivity index (χ1) is 20.0. The number of hydrogen-bond donors (Lipinski definition) is 0. The van der Waals surface area contributed by atoms with Crippen LogP contribution < -0.4 is 18.9 Å². The molecular weight excluding hydrogens is 520 g/mol. The summed E-state index contributed by atoms with van der Waals surface area (Å²) in [6.07, 6.45) is 8.19. The maximum Gasteiger partial charge on any atom is 0.343 e. The monoisotopic (exact) mass is 562 g/mol. The van der Waals surface area contributed by atoms with Gasteiger partial charge in [0.25, 0.3) is 0 Å². The fourth-order valence-electron chi connectivity index (χ4n) is 3.94. The molecule has 3 rings (SSSR count). The van der Waals surface area contributed by atoms with Crippen LogP contribution in [0.4, 0.5) is 0 Å². The number of rotatable bonds is 18. The van der Waals surface area contributed by atoms with Gasteiger partial charge in [0, 0.05) is 6.61 Å². The van der Waals surface area contributed by atoms with Gasteiger partial charge >= 0.3 is 11.9 Å². The van der Waals surface area contributed by atoms with Crippen molar-refractivity contribution in [2.75, 3.05) is 19.8 Å². The summed E-state index contributed by atoms with van der Waals surface area (Å²) < 4.78 is 28.0. The maximum atomic E-state index is 12.6. The molecule has 0 aliphatic carbocycles. The Labute approximate surface area is 243 Å². The third kappa shape index (κ3) is 11.7. The van der Waals surface area contributed by atoms with Crippen molar-refractivity contribution >= 4 is 11.9 Å². The van der Waals surface area contributed by atoms with E-state index in [1.165, 1.54) is 32.1 Å². The number of unbranched alkanes of at least 4 members (excludes halogenated alkanes) is 5. The van der Waals surface area contributed by atoms with E-state index >= 15 is 0 Å². The zero-order chi connectivity index (χ0) is 29.3. The second-order valence-electron chi connectivity index (χ2n) is 9.91. The predicted molar refractivity (Wildman–Crippen MR) is 159 cm³/mol. The Morgan fingerprint density at radius 2 is 1.02 bits per heavy atom. The predicted octanol–water partition coefficient (Wildman–Crippen LogP) is 8.06. The highest BCUT2D eigenvalue weighted by Crippen LogP contribution is 2.21. The summed E-state index contributed by atoms with van der Waals surface area (Å²) in [4.78, 5) is 25.1. The lowest BCUT2D eigenvalue weighted by molar-refractivity contribution is 0.0327. The summed E-state index contributed by atoms with van der Waals surface area (Å²) in [6.45, 7) is 8.04. The summed E-state index contributed by atoms with van der Waals surface area (Å²) in [5.74, 6) is 1.11. The van der Waals surface area contributed by atoms with Gasteiger partial charge in [0.2, 0.25) is 0 Å². The molecule has 0 aromatic heterocycles. The quantitative estimate of drug-likeness (QED) is 0.0881. The number of hydrogen-bond acceptors (Lipinski definition) is 7. The van der Waals surface area contributed by atoms with E-state index in [1.807, 2.05) is 6.92 Å². The van der Waals surface area contributed by atoms with E-state index in [1.54, 1.807) is 72.8 Å². The summed E-state index contributed by atoms with van der Waals surface area (Å²) in [5, 5.41) is 0. The molecule has 0 amide bonds. The average Bonchev–Trinajstić information content (AvgIpc) is 2.99. The van der Waals surface area contributed by atoms with Crippen LogP contribution in [0.25, 0.3) is 0 Å². The molecule has 0 aliphatic heterocycles. The van der Waals surface area contributed by atoms with E-state index in [0.717, 1.165) is 18.6 Å². The van der Waals surface area contributed by atoms with Crippen molar-refractivity contribution in [3.63, 3.8) is 0 Å². The molecule has 0 fully saturated rings. The van der Waals surface area contributed by atoms with Crippen LogP contribution in [0.2, 0.25) is 0 Å². The van der Waals surface area contributed by atoms with Crippen molar-refractivity contribution < 1.29 is 33.3 Å². The topological polar surface area (TPSA) is 80.3 Å². The SMILES string of the molecule is CCCCCCCCOc1ccc(C(=O)Oc2ccc(C(=O)Oc3ccc(OCC(C)OCCC)cc3)cc2)cc1. The molecule has 0 N–H and O–H groups in total. The van der Waals surface area contributed by atoms with Crippen LogP contribution in [0, 0.1) is 0 Å². The number of ether oxygens (including phenoxy) is 5. The van der Waals surface area contributed by atoms with Crippen LogP contribution in [0.3, 0.4) is 0 Å². The van der Waals surface area contributed by atoms with Gasteiger partial charge in [-0.05, 0) is 92.6 Å². The van der Waals surface area contributed by atoms with E-state index in [9.17, 15) is 9.59 Å². The summed E-state index contributed by atoms with van der Waals surface area (Å²) in [7, 11) is 0. The molecule has 3 aromatic rings. The zero-order valence-electron chi connectivity index (χ0n) is 24.4. The van der Waals surface area contributed by atoms with E-state index in [2.05, 4.69) is 13.8 Å². The maximum absolute atomic E-state index is 12.6. The highest BCUT2D eigenvalue weighted by Gasteiger charge is 2.12. The molecule has 0 saturated carbocycles. The fourth-order valence-corrected chi connectivity index (χ4v) is 3.94. The molecule has 0 heterocycles. The van der Waals surface area contributed by atoms with Gasteiger partial charge in [-0.1, -0.05) is 46.0 Å². The van der Waals surface area contributed by atoms with Crippen molar-refractivity contribution in [2.45, 2.75) is 71.8 Å². The molecule has 0 saturated heterocycles. The second kappa shape index (κ2) is 17.8. The third-order valence-electron chi connectivity index (χ3n) is 6.28. The Morgan fingerprint density at radius 3 is 1.59 bits per heavy atom. The highest BCUT2D eigenvalue weighted by atomic mass is 16.5. The van der Waals surface area contributed by atoms with Gasteiger partial charge in [-0.15, -0.1) is 0 Å². The molecule has 220 valence electrons. The molecule has 7 heteroatoms. The Balaban J connectivity index is 1.41. The number of benzene rings is 3. The van der Waals surface area contributed by atoms with Crippen LogP contribution in [0.15, 0.2) is 72.8 Å². The third-order valence-corrected chi connectivity index (χ3v) is 6.28. The van der Waals surface area contributed by atoms with Crippen LogP contribution in [0.1, 0.15) is 86.4 Å². The molecule has 1 atom stereocenters. The average molecular weight is 563 g/mol. The summed E-state index contributed by atoms with van der Waals surface area (Å²) in [5.41, 5.74) is 0.745. The first-order valence-electron chi connectivity index (χ1n) is 14.6. The van der Waals surface area contributed by atoms with Crippen molar-refractivity contribution in [3.8, 4) is 23.0 Å². The molecule has 0 radical (unpaired) electrons. The van der Waals surface area contributed by atoms with Gasteiger partial charge in [0.1, 0.15) is 29.6 Å². The first-order valence-corrected chi connectivity index (χ1v) is 14.6. The van der Waals surface area contributed by atoms with Gasteiger partial charge in [-0.25, -0.2) is 9.59 Å². The van der Waals surface area contributed by atoms with Crippen molar-refractivity contribution in [2.24, 2.45) is 0 Å². The van der Waals surface area contributed by atoms with Crippen LogP contribution in [-0.2, 0) is 4.74 Å². The zero-order valence-corrected chi connectivity index (χ0v) is 24.4. The second-order valence-corrected chi connectivity index (χ2v) is 9.91. The standard InChI is InChI=1S/C34H42O7/c1-4-6-7-8-9-10-24-38-29-15-11-27(12-16-29)33(35)40-31-17-13-28(14-18-31)34(36)41-32-21-19-30(20-22-32)39-25-26(3)37-23-5-2/h11-22,26H,4-10,23-25H2,1-3H3. The Kier molecular flexibility index (Phi) is 13.7. The smallest absolute Gasteiger partial charge is 0.343 e. The van der Waals surface area contributed by atoms with E-state index in [4.69, 9.17) is 23.7 Å².